The Balaban J connectivity index is 0.00000169. The van der Waals surface area contributed by atoms with E-state index in [0.29, 0.717) is 0 Å². The molecule has 70 valence electrons. The van der Waals surface area contributed by atoms with Crippen molar-refractivity contribution in [2.45, 2.75) is 26.2 Å². The molecular weight excluding hydrogens is 173 g/mol. The summed E-state index contributed by atoms with van der Waals surface area (Å²) >= 11 is 0. The van der Waals surface area contributed by atoms with E-state index in [2.05, 4.69) is 4.98 Å². The van der Waals surface area contributed by atoms with E-state index >= 15 is 0 Å². The van der Waals surface area contributed by atoms with Crippen LogP contribution in [-0.2, 0) is 5.41 Å². The Bertz CT molecular complexity index is 314. The molecule has 0 unspecified atom stereocenters. The Kier molecular flexibility index (Phi) is 4.37. The maximum Gasteiger partial charge on any atom is 1.00 e. The normalized spacial score (nSPS) is 10.5. The smallest absolute Gasteiger partial charge is 0.543 e. The third kappa shape index (κ3) is 3.17. The molecule has 0 saturated carbocycles. The molecule has 0 aliphatic heterocycles. The fourth-order valence-electron chi connectivity index (χ4n) is 0.958. The van der Waals surface area contributed by atoms with Gasteiger partial charge in [-0.3, -0.25) is 4.98 Å². The summed E-state index contributed by atoms with van der Waals surface area (Å²) in [5.74, 6) is -1.24. The SMILES string of the molecule is CC(C)(C)c1ccc(C(=O)[O-])nc1.[Li+]. The molecule has 0 fully saturated rings. The second-order valence-electron chi connectivity index (χ2n) is 3.97. The van der Waals surface area contributed by atoms with E-state index in [1.54, 1.807) is 12.3 Å². The van der Waals surface area contributed by atoms with Gasteiger partial charge >= 0.3 is 18.9 Å². The summed E-state index contributed by atoms with van der Waals surface area (Å²) in [6.45, 7) is 6.13. The first-order chi connectivity index (χ1) is 5.91. The molecule has 0 atom stereocenters. The van der Waals surface area contributed by atoms with Crippen molar-refractivity contribution in [1.29, 1.82) is 0 Å². The summed E-state index contributed by atoms with van der Waals surface area (Å²) in [6.07, 6.45) is 1.57. The first-order valence-corrected chi connectivity index (χ1v) is 4.09. The third-order valence-corrected chi connectivity index (χ3v) is 1.84. The molecule has 0 radical (unpaired) electrons. The van der Waals surface area contributed by atoms with E-state index < -0.39 is 5.97 Å². The van der Waals surface area contributed by atoms with Crippen molar-refractivity contribution < 1.29 is 28.8 Å². The number of carboxylic acids is 1. The molecule has 0 bridgehead atoms. The molecule has 14 heavy (non-hydrogen) atoms. The number of pyridine rings is 1. The van der Waals surface area contributed by atoms with Gasteiger partial charge in [0, 0.05) is 6.20 Å². The largest absolute Gasteiger partial charge is 1.00 e. The molecule has 1 rings (SSSR count). The number of hydrogen-bond donors (Lipinski definition) is 0. The number of carbonyl (C=O) groups excluding carboxylic acids is 1. The minimum Gasteiger partial charge on any atom is -0.543 e. The second-order valence-corrected chi connectivity index (χ2v) is 3.97. The standard InChI is InChI=1S/C10H13NO2.Li/c1-10(2,3)7-4-5-8(9(12)13)11-6-7;/h4-6H,1-3H3,(H,12,13);/q;+1/p-1. The van der Waals surface area contributed by atoms with Crippen LogP contribution in [0.25, 0.3) is 0 Å². The van der Waals surface area contributed by atoms with Crippen LogP contribution in [0.3, 0.4) is 0 Å². The molecule has 0 N–H and O–H groups in total. The molecule has 0 aliphatic rings. The van der Waals surface area contributed by atoms with E-state index in [1.165, 1.54) is 6.07 Å². The number of nitrogens with zero attached hydrogens (tertiary/aromatic N) is 1. The molecule has 4 heteroatoms. The van der Waals surface area contributed by atoms with Crippen LogP contribution in [0.1, 0.15) is 36.8 Å². The van der Waals surface area contributed by atoms with Crippen molar-refractivity contribution in [3.8, 4) is 0 Å². The minimum absolute atomic E-state index is 0. The van der Waals surface area contributed by atoms with Gasteiger partial charge in [-0.25, -0.2) is 0 Å². The van der Waals surface area contributed by atoms with Gasteiger partial charge < -0.3 is 9.90 Å². The summed E-state index contributed by atoms with van der Waals surface area (Å²) < 4.78 is 0. The van der Waals surface area contributed by atoms with Gasteiger partial charge in [-0.15, -0.1) is 0 Å². The van der Waals surface area contributed by atoms with Crippen LogP contribution in [0.4, 0.5) is 0 Å². The van der Waals surface area contributed by atoms with E-state index in [0.717, 1.165) is 5.56 Å². The zero-order valence-electron chi connectivity index (χ0n) is 9.00. The van der Waals surface area contributed by atoms with Crippen LogP contribution < -0.4 is 24.0 Å². The topological polar surface area (TPSA) is 53.0 Å². The van der Waals surface area contributed by atoms with E-state index in [4.69, 9.17) is 0 Å². The van der Waals surface area contributed by atoms with Crippen LogP contribution in [0.5, 0.6) is 0 Å². The van der Waals surface area contributed by atoms with Crippen molar-refractivity contribution in [2.75, 3.05) is 0 Å². The number of carbonyl (C=O) groups is 1. The van der Waals surface area contributed by atoms with Crippen molar-refractivity contribution in [3.63, 3.8) is 0 Å². The van der Waals surface area contributed by atoms with Crippen LogP contribution >= 0.6 is 0 Å². The van der Waals surface area contributed by atoms with Gasteiger partial charge in [0.15, 0.2) is 0 Å². The van der Waals surface area contributed by atoms with Gasteiger partial charge in [0.2, 0.25) is 0 Å². The molecule has 0 amide bonds. The maximum absolute atomic E-state index is 10.4. The number of hydrogen-bond acceptors (Lipinski definition) is 3. The Hall–Kier alpha value is -0.783. The molecule has 0 spiro atoms. The Labute approximate surface area is 95.7 Å². The molecule has 0 saturated heterocycles. The zero-order chi connectivity index (χ0) is 10.1. The van der Waals surface area contributed by atoms with Crippen molar-refractivity contribution >= 4 is 5.97 Å². The Morgan fingerprint density at radius 2 is 1.93 bits per heavy atom. The average molecular weight is 185 g/mol. The first kappa shape index (κ1) is 13.2. The van der Waals surface area contributed by atoms with E-state index in [9.17, 15) is 9.90 Å². The van der Waals surface area contributed by atoms with Crippen molar-refractivity contribution in [3.05, 3.63) is 29.6 Å². The summed E-state index contributed by atoms with van der Waals surface area (Å²) in [5, 5.41) is 10.4. The predicted octanol–water partition coefficient (Wildman–Crippen LogP) is -2.25. The molecule has 0 aromatic carbocycles. The van der Waals surface area contributed by atoms with Crippen LogP contribution in [0.15, 0.2) is 18.3 Å². The first-order valence-electron chi connectivity index (χ1n) is 4.09. The molecule has 1 aromatic heterocycles. The number of aromatic nitrogens is 1. The van der Waals surface area contributed by atoms with E-state index in [-0.39, 0.29) is 30.0 Å². The van der Waals surface area contributed by atoms with Gasteiger partial charge in [-0.2, -0.15) is 0 Å². The fourth-order valence-corrected chi connectivity index (χ4v) is 0.958. The number of aromatic carboxylic acids is 1. The Morgan fingerprint density at radius 1 is 1.36 bits per heavy atom. The van der Waals surface area contributed by atoms with Gasteiger partial charge in [-0.1, -0.05) is 26.8 Å². The van der Waals surface area contributed by atoms with Gasteiger partial charge in [-0.05, 0) is 17.0 Å². The summed E-state index contributed by atoms with van der Waals surface area (Å²) in [6, 6.07) is 3.23. The Morgan fingerprint density at radius 3 is 2.21 bits per heavy atom. The summed E-state index contributed by atoms with van der Waals surface area (Å²) in [4.78, 5) is 14.2. The molecular formula is C10H12LiNO2. The van der Waals surface area contributed by atoms with Gasteiger partial charge in [0.1, 0.15) is 0 Å². The predicted molar refractivity (Wildman–Crippen MR) is 47.3 cm³/mol. The summed E-state index contributed by atoms with van der Waals surface area (Å²) in [7, 11) is 0. The number of rotatable bonds is 1. The van der Waals surface area contributed by atoms with Crippen LogP contribution in [-0.4, -0.2) is 11.0 Å². The second kappa shape index (κ2) is 4.63. The molecule has 1 aromatic rings. The van der Waals surface area contributed by atoms with Crippen molar-refractivity contribution in [2.24, 2.45) is 0 Å². The zero-order valence-corrected chi connectivity index (χ0v) is 9.00. The van der Waals surface area contributed by atoms with Gasteiger partial charge in [0.25, 0.3) is 0 Å². The monoisotopic (exact) mass is 185 g/mol. The third-order valence-electron chi connectivity index (χ3n) is 1.84. The number of carboxylic acid groups (broad SMARTS) is 1. The van der Waals surface area contributed by atoms with E-state index in [1.807, 2.05) is 20.8 Å². The fraction of sp³-hybridized carbons (Fsp3) is 0.400. The quantitative estimate of drug-likeness (QED) is 0.464. The minimum atomic E-state index is -1.24. The maximum atomic E-state index is 10.4. The average Bonchev–Trinajstić information content (AvgIpc) is 2.03. The summed E-state index contributed by atoms with van der Waals surface area (Å²) in [5.41, 5.74) is 0.989. The van der Waals surface area contributed by atoms with Crippen LogP contribution in [0, 0.1) is 0 Å². The van der Waals surface area contributed by atoms with Crippen molar-refractivity contribution in [1.82, 2.24) is 4.98 Å². The molecule has 1 heterocycles. The molecule has 3 nitrogen and oxygen atoms in total. The van der Waals surface area contributed by atoms with Gasteiger partial charge in [0.05, 0.1) is 11.7 Å². The van der Waals surface area contributed by atoms with Crippen LogP contribution in [0.2, 0.25) is 0 Å². The molecule has 0 aliphatic carbocycles.